The van der Waals surface area contributed by atoms with Crippen LogP contribution in [-0.2, 0) is 0 Å². The molecule has 0 fully saturated rings. The van der Waals surface area contributed by atoms with Gasteiger partial charge in [0.05, 0.1) is 0 Å². The fourth-order valence-electron chi connectivity index (χ4n) is 0.883. The van der Waals surface area contributed by atoms with Gasteiger partial charge in [0.25, 0.3) is 0 Å². The number of benzene rings is 1. The van der Waals surface area contributed by atoms with Crippen LogP contribution in [-0.4, -0.2) is 13.3 Å². The van der Waals surface area contributed by atoms with Crippen molar-refractivity contribution < 1.29 is 0 Å². The molecule has 0 aliphatic carbocycles. The molecular formula is C10H11N. The molecule has 0 amide bonds. The summed E-state index contributed by atoms with van der Waals surface area (Å²) in [4.78, 5) is 3.89. The maximum absolute atomic E-state index is 3.89. The molecule has 1 aromatic carbocycles. The second kappa shape index (κ2) is 3.71. The molecule has 0 aliphatic heterocycles. The van der Waals surface area contributed by atoms with Crippen LogP contribution >= 0.6 is 0 Å². The topological polar surface area (TPSA) is 12.4 Å². The van der Waals surface area contributed by atoms with Gasteiger partial charge in [-0.1, -0.05) is 36.9 Å². The van der Waals surface area contributed by atoms with E-state index in [-0.39, 0.29) is 0 Å². The average Bonchev–Trinajstić information content (AvgIpc) is 2.07. The predicted molar refractivity (Wildman–Crippen MR) is 49.9 cm³/mol. The van der Waals surface area contributed by atoms with Gasteiger partial charge in [-0.15, -0.1) is 0 Å². The first-order valence-corrected chi connectivity index (χ1v) is 3.51. The van der Waals surface area contributed by atoms with Crippen LogP contribution in [0.15, 0.2) is 41.9 Å². The molecule has 1 rings (SSSR count). The molecule has 11 heavy (non-hydrogen) atoms. The molecule has 0 bridgehead atoms. The van der Waals surface area contributed by atoms with Crippen molar-refractivity contribution in [2.24, 2.45) is 4.99 Å². The third-order valence-corrected chi connectivity index (χ3v) is 1.43. The normalized spacial score (nSPS) is 10.3. The van der Waals surface area contributed by atoms with Gasteiger partial charge in [-0.2, -0.15) is 0 Å². The molecule has 0 radical (unpaired) electrons. The highest BCUT2D eigenvalue weighted by Crippen LogP contribution is 2.08. The van der Waals surface area contributed by atoms with E-state index in [0.717, 1.165) is 11.1 Å². The minimum absolute atomic E-state index is 0.952. The fourth-order valence-corrected chi connectivity index (χ4v) is 0.883. The van der Waals surface area contributed by atoms with Gasteiger partial charge in [0, 0.05) is 13.3 Å². The van der Waals surface area contributed by atoms with Gasteiger partial charge < -0.3 is 0 Å². The summed E-state index contributed by atoms with van der Waals surface area (Å²) in [5, 5.41) is 0. The first-order valence-electron chi connectivity index (χ1n) is 3.51. The molecule has 0 saturated heterocycles. The first kappa shape index (κ1) is 7.73. The lowest BCUT2D eigenvalue weighted by molar-refractivity contribution is 1.47. The van der Waals surface area contributed by atoms with Crippen LogP contribution in [0.2, 0.25) is 0 Å². The predicted octanol–water partition coefficient (Wildman–Crippen LogP) is 2.40. The average molecular weight is 145 g/mol. The Kier molecular flexibility index (Phi) is 2.61. The Morgan fingerprint density at radius 2 is 2.00 bits per heavy atom. The number of hydrogen-bond acceptors (Lipinski definition) is 1. The van der Waals surface area contributed by atoms with E-state index in [1.165, 1.54) is 0 Å². The van der Waals surface area contributed by atoms with Gasteiger partial charge in [0.2, 0.25) is 0 Å². The largest absolute Gasteiger partial charge is 0.296 e. The lowest BCUT2D eigenvalue weighted by Gasteiger charge is -1.96. The van der Waals surface area contributed by atoms with Crippen molar-refractivity contribution in [3.63, 3.8) is 0 Å². The zero-order chi connectivity index (χ0) is 8.10. The van der Waals surface area contributed by atoms with Crippen LogP contribution in [0.1, 0.15) is 5.56 Å². The first-order chi connectivity index (χ1) is 5.34. The smallest absolute Gasteiger partial charge is 0.0281 e. The van der Waals surface area contributed by atoms with Crippen LogP contribution in [0.4, 0.5) is 0 Å². The number of allylic oxidation sites excluding steroid dienone is 1. The Balaban J connectivity index is 2.86. The lowest BCUT2D eigenvalue weighted by atomic mass is 10.1. The third kappa shape index (κ3) is 2.04. The van der Waals surface area contributed by atoms with E-state index in [4.69, 9.17) is 0 Å². The Labute approximate surface area is 67.1 Å². The second-order valence-corrected chi connectivity index (χ2v) is 2.28. The number of hydrogen-bond donors (Lipinski definition) is 0. The maximum Gasteiger partial charge on any atom is 0.0281 e. The van der Waals surface area contributed by atoms with Crippen molar-refractivity contribution >= 4 is 11.8 Å². The van der Waals surface area contributed by atoms with Crippen molar-refractivity contribution in [3.8, 4) is 0 Å². The fraction of sp³-hybridized carbons (Fsp3) is 0.100. The number of aliphatic imine (C=N–C) groups is 1. The Morgan fingerprint density at radius 3 is 2.55 bits per heavy atom. The Bertz CT molecular complexity index is 259. The highest BCUT2D eigenvalue weighted by atomic mass is 14.6. The molecule has 1 heteroatoms. The molecule has 0 unspecified atom stereocenters. The minimum atomic E-state index is 0.952. The molecule has 56 valence electrons. The molecule has 0 atom stereocenters. The zero-order valence-corrected chi connectivity index (χ0v) is 6.62. The molecule has 0 heterocycles. The van der Waals surface area contributed by atoms with Crippen molar-refractivity contribution in [2.45, 2.75) is 0 Å². The van der Waals surface area contributed by atoms with E-state index >= 15 is 0 Å². The van der Waals surface area contributed by atoms with E-state index in [2.05, 4.69) is 11.6 Å². The second-order valence-electron chi connectivity index (χ2n) is 2.28. The van der Waals surface area contributed by atoms with E-state index in [1.54, 1.807) is 13.3 Å². The molecule has 0 saturated carbocycles. The van der Waals surface area contributed by atoms with Gasteiger partial charge in [0.1, 0.15) is 0 Å². The summed E-state index contributed by atoms with van der Waals surface area (Å²) in [6, 6.07) is 10.0. The quantitative estimate of drug-likeness (QED) is 0.567. The highest BCUT2D eigenvalue weighted by molar-refractivity contribution is 6.08. The van der Waals surface area contributed by atoms with Crippen molar-refractivity contribution in [2.75, 3.05) is 7.05 Å². The van der Waals surface area contributed by atoms with Crippen molar-refractivity contribution in [1.82, 2.24) is 0 Å². The minimum Gasteiger partial charge on any atom is -0.296 e. The Hall–Kier alpha value is -1.37. The summed E-state index contributed by atoms with van der Waals surface area (Å²) in [7, 11) is 1.74. The van der Waals surface area contributed by atoms with E-state index in [9.17, 15) is 0 Å². The standard InChI is InChI=1S/C10H11N/c1-9(8-11-2)10-6-4-3-5-7-10/h3-8H,1H2,2H3. The van der Waals surface area contributed by atoms with Gasteiger partial charge in [-0.25, -0.2) is 0 Å². The molecule has 0 spiro atoms. The highest BCUT2D eigenvalue weighted by Gasteiger charge is 1.90. The third-order valence-electron chi connectivity index (χ3n) is 1.43. The molecule has 0 N–H and O–H groups in total. The van der Waals surface area contributed by atoms with E-state index in [1.807, 2.05) is 30.3 Å². The lowest BCUT2D eigenvalue weighted by Crippen LogP contribution is -1.81. The summed E-state index contributed by atoms with van der Waals surface area (Å²) < 4.78 is 0. The van der Waals surface area contributed by atoms with Crippen LogP contribution in [0.3, 0.4) is 0 Å². The van der Waals surface area contributed by atoms with Crippen molar-refractivity contribution in [1.29, 1.82) is 0 Å². The van der Waals surface area contributed by atoms with Crippen molar-refractivity contribution in [3.05, 3.63) is 42.5 Å². The maximum atomic E-state index is 3.89. The van der Waals surface area contributed by atoms with Crippen LogP contribution in [0.25, 0.3) is 5.57 Å². The van der Waals surface area contributed by atoms with Crippen LogP contribution < -0.4 is 0 Å². The molecule has 1 nitrogen and oxygen atoms in total. The summed E-state index contributed by atoms with van der Waals surface area (Å²) in [5.41, 5.74) is 2.08. The van der Waals surface area contributed by atoms with Gasteiger partial charge in [0.15, 0.2) is 0 Å². The van der Waals surface area contributed by atoms with Gasteiger partial charge >= 0.3 is 0 Å². The van der Waals surface area contributed by atoms with Gasteiger partial charge in [-0.05, 0) is 11.1 Å². The molecule has 0 aromatic heterocycles. The van der Waals surface area contributed by atoms with E-state index in [0.29, 0.717) is 0 Å². The molecule has 1 aromatic rings. The SMILES string of the molecule is C=C(C=NC)c1ccccc1. The zero-order valence-electron chi connectivity index (χ0n) is 6.62. The summed E-state index contributed by atoms with van der Waals surface area (Å²) in [6.45, 7) is 3.87. The number of rotatable bonds is 2. The molecular weight excluding hydrogens is 134 g/mol. The molecule has 0 aliphatic rings. The summed E-state index contributed by atoms with van der Waals surface area (Å²) in [6.07, 6.45) is 1.76. The monoisotopic (exact) mass is 145 g/mol. The van der Waals surface area contributed by atoms with Crippen LogP contribution in [0.5, 0.6) is 0 Å². The van der Waals surface area contributed by atoms with Crippen LogP contribution in [0, 0.1) is 0 Å². The Morgan fingerprint density at radius 1 is 1.36 bits per heavy atom. The van der Waals surface area contributed by atoms with E-state index < -0.39 is 0 Å². The number of nitrogens with zero attached hydrogens (tertiary/aromatic N) is 1. The van der Waals surface area contributed by atoms with Gasteiger partial charge in [-0.3, -0.25) is 4.99 Å². The summed E-state index contributed by atoms with van der Waals surface area (Å²) in [5.74, 6) is 0. The summed E-state index contributed by atoms with van der Waals surface area (Å²) >= 11 is 0.